The van der Waals surface area contributed by atoms with Gasteiger partial charge in [0.1, 0.15) is 0 Å². The Bertz CT molecular complexity index is 712. The van der Waals surface area contributed by atoms with Crippen LogP contribution in [-0.4, -0.2) is 61.5 Å². The van der Waals surface area contributed by atoms with Crippen molar-refractivity contribution in [2.45, 2.75) is 30.4 Å². The van der Waals surface area contributed by atoms with Gasteiger partial charge < -0.3 is 19.5 Å². The van der Waals surface area contributed by atoms with Gasteiger partial charge in [0.15, 0.2) is 5.76 Å². The highest BCUT2D eigenvalue weighted by Gasteiger charge is 2.16. The van der Waals surface area contributed by atoms with Crippen LogP contribution in [0.1, 0.15) is 35.9 Å². The fourth-order valence-electron chi connectivity index (χ4n) is 3.40. The van der Waals surface area contributed by atoms with Crippen molar-refractivity contribution in [1.29, 1.82) is 0 Å². The van der Waals surface area contributed by atoms with Crippen molar-refractivity contribution >= 4 is 17.7 Å². The lowest BCUT2D eigenvalue weighted by molar-refractivity contribution is 0.0923. The third kappa shape index (κ3) is 6.40. The molecular formula is C22H31N3O2S. The highest BCUT2D eigenvalue weighted by molar-refractivity contribution is 7.98. The minimum atomic E-state index is -0.106. The van der Waals surface area contributed by atoms with Crippen molar-refractivity contribution in [3.05, 3.63) is 54.0 Å². The zero-order valence-corrected chi connectivity index (χ0v) is 17.5. The van der Waals surface area contributed by atoms with Gasteiger partial charge in [0, 0.05) is 48.9 Å². The zero-order valence-electron chi connectivity index (χ0n) is 16.7. The molecule has 0 spiro atoms. The average molecular weight is 402 g/mol. The molecule has 1 aliphatic heterocycles. The molecule has 0 unspecified atom stereocenters. The van der Waals surface area contributed by atoms with Crippen LogP contribution in [0.2, 0.25) is 0 Å². The highest BCUT2D eigenvalue weighted by Crippen LogP contribution is 2.24. The molecule has 1 amide bonds. The van der Waals surface area contributed by atoms with E-state index in [1.807, 2.05) is 24.3 Å². The van der Waals surface area contributed by atoms with Crippen LogP contribution in [0.15, 0.2) is 52.0 Å². The number of benzene rings is 1. The molecule has 28 heavy (non-hydrogen) atoms. The summed E-state index contributed by atoms with van der Waals surface area (Å²) >= 11 is 1.71. The van der Waals surface area contributed by atoms with E-state index in [1.54, 1.807) is 18.0 Å². The summed E-state index contributed by atoms with van der Waals surface area (Å²) in [6.07, 6.45) is 3.71. The van der Waals surface area contributed by atoms with Gasteiger partial charge in [-0.25, -0.2) is 0 Å². The van der Waals surface area contributed by atoms with Gasteiger partial charge in [0.25, 0.3) is 5.91 Å². The lowest BCUT2D eigenvalue weighted by Crippen LogP contribution is -2.46. The molecular weight excluding hydrogens is 370 g/mol. The molecule has 1 aliphatic rings. The Hall–Kier alpha value is -1.76. The molecule has 0 radical (unpaired) electrons. The fraction of sp³-hybridized carbons (Fsp3) is 0.500. The molecule has 3 rings (SSSR count). The largest absolute Gasteiger partial charge is 0.459 e. The van der Waals surface area contributed by atoms with E-state index in [0.717, 1.165) is 50.3 Å². The molecule has 0 bridgehead atoms. The quantitative estimate of drug-likeness (QED) is 0.486. The second kappa shape index (κ2) is 11.3. The molecule has 1 fully saturated rings. The van der Waals surface area contributed by atoms with Crippen LogP contribution in [0.25, 0.3) is 0 Å². The van der Waals surface area contributed by atoms with Crippen LogP contribution in [0.4, 0.5) is 0 Å². The fourth-order valence-corrected chi connectivity index (χ4v) is 4.30. The van der Waals surface area contributed by atoms with E-state index in [0.29, 0.717) is 12.3 Å². The van der Waals surface area contributed by atoms with Crippen molar-refractivity contribution < 1.29 is 9.21 Å². The zero-order chi connectivity index (χ0) is 19.6. The van der Waals surface area contributed by atoms with Crippen LogP contribution in [0.3, 0.4) is 0 Å². The number of unbranched alkanes of at least 4 members (excludes halogenated alkanes) is 1. The number of nitrogens with one attached hydrogen (secondary N) is 1. The monoisotopic (exact) mass is 401 g/mol. The SMILES string of the molecule is CCN1CCN(CCCCNC(=O)c2occc2CSc2ccccc2)CC1. The molecule has 5 nitrogen and oxygen atoms in total. The Labute approximate surface area is 172 Å². The Morgan fingerprint density at radius 1 is 1.07 bits per heavy atom. The number of likely N-dealkylation sites (N-methyl/N-ethyl adjacent to an activating group) is 1. The number of hydrogen-bond acceptors (Lipinski definition) is 5. The van der Waals surface area contributed by atoms with Crippen molar-refractivity contribution in [3.8, 4) is 0 Å². The van der Waals surface area contributed by atoms with Crippen molar-refractivity contribution in [1.82, 2.24) is 15.1 Å². The van der Waals surface area contributed by atoms with E-state index >= 15 is 0 Å². The van der Waals surface area contributed by atoms with Gasteiger partial charge in [0.2, 0.25) is 0 Å². The summed E-state index contributed by atoms with van der Waals surface area (Å²) in [7, 11) is 0. The number of thioether (sulfide) groups is 1. The molecule has 6 heteroatoms. The Balaban J connectivity index is 1.33. The first kappa shape index (κ1) is 21.0. The van der Waals surface area contributed by atoms with Crippen LogP contribution in [-0.2, 0) is 5.75 Å². The number of carbonyl (C=O) groups is 1. The first-order valence-electron chi connectivity index (χ1n) is 10.2. The smallest absolute Gasteiger partial charge is 0.287 e. The second-order valence-electron chi connectivity index (χ2n) is 7.12. The number of amides is 1. The maximum Gasteiger partial charge on any atom is 0.287 e. The molecule has 152 valence electrons. The molecule has 1 N–H and O–H groups in total. The van der Waals surface area contributed by atoms with Crippen molar-refractivity contribution in [2.75, 3.05) is 45.8 Å². The maximum absolute atomic E-state index is 12.4. The standard InChI is InChI=1S/C22H31N3O2S/c1-2-24-13-15-25(16-14-24)12-7-6-11-23-22(26)21-19(10-17-27-21)18-28-20-8-4-3-5-9-20/h3-5,8-10,17H,2,6-7,11-16,18H2,1H3,(H,23,26). The summed E-state index contributed by atoms with van der Waals surface area (Å²) in [6.45, 7) is 9.86. The third-order valence-corrected chi connectivity index (χ3v) is 6.25. The molecule has 1 aromatic heterocycles. The highest BCUT2D eigenvalue weighted by atomic mass is 32.2. The Morgan fingerprint density at radius 3 is 2.57 bits per heavy atom. The number of nitrogens with zero attached hydrogens (tertiary/aromatic N) is 2. The van der Waals surface area contributed by atoms with Gasteiger partial charge in [-0.05, 0) is 44.1 Å². The molecule has 1 aromatic carbocycles. The summed E-state index contributed by atoms with van der Waals surface area (Å²) < 4.78 is 5.45. The van der Waals surface area contributed by atoms with Crippen LogP contribution >= 0.6 is 11.8 Å². The number of rotatable bonds is 10. The van der Waals surface area contributed by atoms with E-state index < -0.39 is 0 Å². The number of hydrogen-bond donors (Lipinski definition) is 1. The van der Waals surface area contributed by atoms with Gasteiger partial charge in [-0.2, -0.15) is 0 Å². The predicted octanol–water partition coefficient (Wildman–Crippen LogP) is 3.72. The lowest BCUT2D eigenvalue weighted by atomic mass is 10.2. The van der Waals surface area contributed by atoms with E-state index in [4.69, 9.17) is 4.42 Å². The van der Waals surface area contributed by atoms with Gasteiger partial charge in [-0.3, -0.25) is 4.79 Å². The van der Waals surface area contributed by atoms with Crippen molar-refractivity contribution in [2.24, 2.45) is 0 Å². The van der Waals surface area contributed by atoms with Gasteiger partial charge in [-0.15, -0.1) is 11.8 Å². The third-order valence-electron chi connectivity index (χ3n) is 5.19. The summed E-state index contributed by atoms with van der Waals surface area (Å²) in [5.74, 6) is 1.07. The summed E-state index contributed by atoms with van der Waals surface area (Å²) in [5, 5.41) is 3.01. The first-order valence-corrected chi connectivity index (χ1v) is 11.2. The predicted molar refractivity (Wildman–Crippen MR) is 115 cm³/mol. The minimum absolute atomic E-state index is 0.106. The number of piperazine rings is 1. The van der Waals surface area contributed by atoms with Gasteiger partial charge in [0.05, 0.1) is 6.26 Å². The van der Waals surface area contributed by atoms with E-state index in [9.17, 15) is 4.79 Å². The molecule has 2 heterocycles. The molecule has 2 aromatic rings. The average Bonchev–Trinajstić information content (AvgIpc) is 3.22. The Morgan fingerprint density at radius 2 is 1.82 bits per heavy atom. The van der Waals surface area contributed by atoms with Crippen LogP contribution in [0.5, 0.6) is 0 Å². The van der Waals surface area contributed by atoms with Crippen molar-refractivity contribution in [3.63, 3.8) is 0 Å². The molecule has 0 aliphatic carbocycles. The van der Waals surface area contributed by atoms with Gasteiger partial charge in [-0.1, -0.05) is 25.1 Å². The molecule has 0 atom stereocenters. The summed E-state index contributed by atoms with van der Waals surface area (Å²) in [4.78, 5) is 18.7. The number of furan rings is 1. The molecule has 0 saturated carbocycles. The second-order valence-corrected chi connectivity index (χ2v) is 8.16. The normalized spacial score (nSPS) is 15.6. The summed E-state index contributed by atoms with van der Waals surface area (Å²) in [5.41, 5.74) is 0.945. The summed E-state index contributed by atoms with van der Waals surface area (Å²) in [6, 6.07) is 12.1. The van der Waals surface area contributed by atoms with Crippen LogP contribution in [0, 0.1) is 0 Å². The first-order chi connectivity index (χ1) is 13.8. The van der Waals surface area contributed by atoms with E-state index in [-0.39, 0.29) is 5.91 Å². The molecule has 1 saturated heterocycles. The topological polar surface area (TPSA) is 48.7 Å². The van der Waals surface area contributed by atoms with E-state index in [1.165, 1.54) is 18.0 Å². The van der Waals surface area contributed by atoms with Gasteiger partial charge >= 0.3 is 0 Å². The van der Waals surface area contributed by atoms with Crippen LogP contribution < -0.4 is 5.32 Å². The minimum Gasteiger partial charge on any atom is -0.459 e. The van der Waals surface area contributed by atoms with E-state index in [2.05, 4.69) is 34.2 Å². The lowest BCUT2D eigenvalue weighted by Gasteiger charge is -2.33. The Kier molecular flexibility index (Phi) is 8.45. The maximum atomic E-state index is 12.4. The number of carbonyl (C=O) groups excluding carboxylic acids is 1.